The second kappa shape index (κ2) is 5.83. The van der Waals surface area contributed by atoms with Gasteiger partial charge in [-0.25, -0.2) is 18.1 Å². The molecular formula is C15H19N5O2S. The van der Waals surface area contributed by atoms with Crippen molar-refractivity contribution >= 4 is 21.5 Å². The zero-order valence-electron chi connectivity index (χ0n) is 13.1. The molecule has 0 unspecified atom stereocenters. The van der Waals surface area contributed by atoms with Crippen LogP contribution < -0.4 is 9.62 Å². The number of rotatable bonds is 4. The molecule has 1 atom stereocenters. The van der Waals surface area contributed by atoms with Crippen LogP contribution in [-0.4, -0.2) is 42.2 Å². The van der Waals surface area contributed by atoms with Gasteiger partial charge in [-0.2, -0.15) is 5.26 Å². The summed E-state index contributed by atoms with van der Waals surface area (Å²) in [5, 5.41) is 8.96. The van der Waals surface area contributed by atoms with Crippen LogP contribution in [0.4, 0.5) is 5.82 Å². The van der Waals surface area contributed by atoms with Crippen molar-refractivity contribution in [1.29, 1.82) is 5.26 Å². The highest BCUT2D eigenvalue weighted by atomic mass is 32.2. The second-order valence-electron chi connectivity index (χ2n) is 6.00. The highest BCUT2D eigenvalue weighted by Gasteiger charge is 2.35. The van der Waals surface area contributed by atoms with Crippen LogP contribution in [0.15, 0.2) is 24.4 Å². The van der Waals surface area contributed by atoms with Gasteiger partial charge in [0.1, 0.15) is 11.7 Å². The van der Waals surface area contributed by atoms with E-state index in [-0.39, 0.29) is 6.04 Å². The van der Waals surface area contributed by atoms with Crippen LogP contribution in [0, 0.1) is 11.3 Å². The van der Waals surface area contributed by atoms with Gasteiger partial charge < -0.3 is 4.90 Å². The number of nitrogens with one attached hydrogen (secondary N) is 1. The molecular weight excluding hydrogens is 314 g/mol. The van der Waals surface area contributed by atoms with Crippen molar-refractivity contribution in [3.63, 3.8) is 0 Å². The summed E-state index contributed by atoms with van der Waals surface area (Å²) in [5.41, 5.74) is 1.13. The van der Waals surface area contributed by atoms with Crippen LogP contribution >= 0.6 is 0 Å². The van der Waals surface area contributed by atoms with Crippen molar-refractivity contribution in [3.8, 4) is 6.07 Å². The third kappa shape index (κ3) is 2.90. The molecule has 1 aliphatic heterocycles. The molecule has 8 heteroatoms. The summed E-state index contributed by atoms with van der Waals surface area (Å²) in [6, 6.07) is 7.57. The van der Waals surface area contributed by atoms with Crippen molar-refractivity contribution < 1.29 is 8.42 Å². The van der Waals surface area contributed by atoms with Gasteiger partial charge in [-0.05, 0) is 32.4 Å². The maximum atomic E-state index is 12.3. The number of fused-ring (bicyclic) bond motifs is 1. The second-order valence-corrected chi connectivity index (χ2v) is 7.99. The lowest BCUT2D eigenvalue weighted by atomic mass is 10.4. The predicted molar refractivity (Wildman–Crippen MR) is 87.7 cm³/mol. The summed E-state index contributed by atoms with van der Waals surface area (Å²) < 4.78 is 29.0. The van der Waals surface area contributed by atoms with E-state index in [0.717, 1.165) is 0 Å². The fraction of sp³-hybridized carbons (Fsp3) is 0.467. The number of hydrogen-bond acceptors (Lipinski definition) is 5. The molecule has 0 aromatic carbocycles. The van der Waals surface area contributed by atoms with E-state index in [1.165, 1.54) is 0 Å². The molecule has 0 aliphatic carbocycles. The molecule has 0 spiro atoms. The first-order valence-electron chi connectivity index (χ1n) is 7.55. The Kier molecular flexibility index (Phi) is 4.00. The van der Waals surface area contributed by atoms with E-state index in [2.05, 4.69) is 15.8 Å². The summed E-state index contributed by atoms with van der Waals surface area (Å²) in [6.07, 6.45) is 2.32. The van der Waals surface area contributed by atoms with Crippen LogP contribution in [0.25, 0.3) is 5.65 Å². The van der Waals surface area contributed by atoms with Gasteiger partial charge in [0.05, 0.1) is 5.25 Å². The minimum atomic E-state index is -3.36. The van der Waals surface area contributed by atoms with E-state index >= 15 is 0 Å². The Morgan fingerprint density at radius 2 is 2.22 bits per heavy atom. The summed E-state index contributed by atoms with van der Waals surface area (Å²) in [7, 11) is -3.36. The summed E-state index contributed by atoms with van der Waals surface area (Å²) in [4.78, 5) is 6.38. The Bertz CT molecular complexity index is 866. The van der Waals surface area contributed by atoms with E-state index in [9.17, 15) is 13.7 Å². The van der Waals surface area contributed by atoms with Gasteiger partial charge in [0.25, 0.3) is 0 Å². The Labute approximate surface area is 135 Å². The zero-order valence-corrected chi connectivity index (χ0v) is 13.9. The highest BCUT2D eigenvalue weighted by molar-refractivity contribution is 7.90. The summed E-state index contributed by atoms with van der Waals surface area (Å²) in [6.45, 7) is 4.53. The Morgan fingerprint density at radius 3 is 2.91 bits per heavy atom. The standard InChI is InChI=1S/C15H19N5O2S/c1-11(2)18-23(21,22)12-6-8-19(10-12)15-13(9-16)20-7-4-3-5-14(20)17-15/h3-5,7,11-12,18H,6,8,10H2,1-2H3/t12-/m1/s1. The normalized spacial score (nSPS) is 18.7. The van der Waals surface area contributed by atoms with Crippen molar-refractivity contribution in [1.82, 2.24) is 14.1 Å². The van der Waals surface area contributed by atoms with Gasteiger partial charge in [0.2, 0.25) is 10.0 Å². The Balaban J connectivity index is 1.89. The van der Waals surface area contributed by atoms with E-state index in [1.54, 1.807) is 24.4 Å². The third-order valence-corrected chi connectivity index (χ3v) is 5.96. The number of anilines is 1. The van der Waals surface area contributed by atoms with Crippen LogP contribution in [0.1, 0.15) is 26.0 Å². The molecule has 0 radical (unpaired) electrons. The monoisotopic (exact) mass is 333 g/mol. The molecule has 0 amide bonds. The third-order valence-electron chi connectivity index (χ3n) is 3.90. The van der Waals surface area contributed by atoms with Crippen LogP contribution in [0.3, 0.4) is 0 Å². The lowest BCUT2D eigenvalue weighted by Crippen LogP contribution is -2.39. The topological polar surface area (TPSA) is 90.5 Å². The van der Waals surface area contributed by atoms with Gasteiger partial charge in [-0.3, -0.25) is 4.40 Å². The fourth-order valence-corrected chi connectivity index (χ4v) is 4.55. The van der Waals surface area contributed by atoms with E-state index in [4.69, 9.17) is 0 Å². The molecule has 0 saturated carbocycles. The molecule has 1 N–H and O–H groups in total. The Hall–Kier alpha value is -2.11. The van der Waals surface area contributed by atoms with Gasteiger partial charge in [0, 0.05) is 25.3 Å². The molecule has 3 heterocycles. The first-order chi connectivity index (χ1) is 10.9. The quantitative estimate of drug-likeness (QED) is 0.905. The van der Waals surface area contributed by atoms with Gasteiger partial charge in [-0.15, -0.1) is 0 Å². The van der Waals surface area contributed by atoms with Gasteiger partial charge >= 0.3 is 0 Å². The molecule has 122 valence electrons. The highest BCUT2D eigenvalue weighted by Crippen LogP contribution is 2.27. The minimum absolute atomic E-state index is 0.126. The maximum Gasteiger partial charge on any atom is 0.216 e. The lowest BCUT2D eigenvalue weighted by molar-refractivity contribution is 0.557. The van der Waals surface area contributed by atoms with Crippen LogP contribution in [0.2, 0.25) is 0 Å². The largest absolute Gasteiger partial charge is 0.353 e. The predicted octanol–water partition coefficient (Wildman–Crippen LogP) is 1.11. The van der Waals surface area contributed by atoms with Crippen molar-refractivity contribution in [2.45, 2.75) is 31.6 Å². The number of aromatic nitrogens is 2. The van der Waals surface area contributed by atoms with Gasteiger partial charge in [-0.1, -0.05) is 6.07 Å². The maximum absolute atomic E-state index is 12.3. The summed E-state index contributed by atoms with van der Waals surface area (Å²) in [5.74, 6) is 0.556. The van der Waals surface area contributed by atoms with Crippen LogP contribution in [0.5, 0.6) is 0 Å². The average molecular weight is 333 g/mol. The number of hydrogen-bond donors (Lipinski definition) is 1. The first-order valence-corrected chi connectivity index (χ1v) is 9.10. The Morgan fingerprint density at radius 1 is 1.43 bits per heavy atom. The van der Waals surface area contributed by atoms with Crippen LogP contribution in [-0.2, 0) is 10.0 Å². The molecule has 1 aliphatic rings. The number of pyridine rings is 1. The number of nitriles is 1. The summed E-state index contributed by atoms with van der Waals surface area (Å²) >= 11 is 0. The van der Waals surface area contributed by atoms with E-state index in [0.29, 0.717) is 36.7 Å². The van der Waals surface area contributed by atoms with Crippen molar-refractivity contribution in [2.24, 2.45) is 0 Å². The van der Waals surface area contributed by atoms with Crippen molar-refractivity contribution in [2.75, 3.05) is 18.0 Å². The number of sulfonamides is 1. The van der Waals surface area contributed by atoms with E-state index < -0.39 is 15.3 Å². The smallest absolute Gasteiger partial charge is 0.216 e. The molecule has 0 bridgehead atoms. The van der Waals surface area contributed by atoms with Crippen molar-refractivity contribution in [3.05, 3.63) is 30.1 Å². The molecule has 3 rings (SSSR count). The van der Waals surface area contributed by atoms with E-state index in [1.807, 2.05) is 23.1 Å². The minimum Gasteiger partial charge on any atom is -0.353 e. The molecule has 2 aromatic heterocycles. The molecule has 2 aromatic rings. The molecule has 1 fully saturated rings. The zero-order chi connectivity index (χ0) is 16.6. The number of nitrogens with zero attached hydrogens (tertiary/aromatic N) is 4. The fourth-order valence-electron chi connectivity index (χ4n) is 2.91. The molecule has 1 saturated heterocycles. The number of imidazole rings is 1. The SMILES string of the molecule is CC(C)NS(=O)(=O)[C@@H]1CCN(c2nc3ccccn3c2C#N)C1. The molecule has 7 nitrogen and oxygen atoms in total. The van der Waals surface area contributed by atoms with Gasteiger partial charge in [0.15, 0.2) is 11.5 Å². The molecule has 23 heavy (non-hydrogen) atoms. The lowest BCUT2D eigenvalue weighted by Gasteiger charge is -2.17. The first kappa shape index (κ1) is 15.8. The average Bonchev–Trinajstić information content (AvgIpc) is 3.10.